The number of carboxylic acids is 1. The molecule has 0 spiro atoms. The summed E-state index contributed by atoms with van der Waals surface area (Å²) in [5.74, 6) is -1.85. The van der Waals surface area contributed by atoms with E-state index in [4.69, 9.17) is 5.11 Å². The Labute approximate surface area is 92.6 Å². The van der Waals surface area contributed by atoms with E-state index in [0.717, 1.165) is 17.7 Å². The predicted molar refractivity (Wildman–Crippen MR) is 53.6 cm³/mol. The summed E-state index contributed by atoms with van der Waals surface area (Å²) >= 11 is 0. The third kappa shape index (κ3) is 1.75. The van der Waals surface area contributed by atoms with Crippen LogP contribution in [0.5, 0.6) is 0 Å². The Morgan fingerprint density at radius 3 is 2.56 bits per heavy atom. The largest absolute Gasteiger partial charge is 0.481 e. The van der Waals surface area contributed by atoms with Crippen molar-refractivity contribution >= 4 is 17.9 Å². The van der Waals surface area contributed by atoms with Crippen LogP contribution in [0.25, 0.3) is 0 Å². The lowest BCUT2D eigenvalue weighted by atomic mass is 9.83. The molecule has 2 N–H and O–H groups in total. The second-order valence-electron chi connectivity index (χ2n) is 4.22. The van der Waals surface area contributed by atoms with Gasteiger partial charge in [0, 0.05) is 0 Å². The first kappa shape index (κ1) is 10.9. The van der Waals surface area contributed by atoms with Crippen molar-refractivity contribution in [3.05, 3.63) is 0 Å². The minimum absolute atomic E-state index is 0.0122. The average molecular weight is 226 g/mol. The molecule has 0 aromatic heterocycles. The second kappa shape index (κ2) is 4.11. The third-order valence-corrected chi connectivity index (χ3v) is 3.26. The number of hydrogen-bond donors (Lipinski definition) is 2. The van der Waals surface area contributed by atoms with Gasteiger partial charge in [-0.2, -0.15) is 0 Å². The van der Waals surface area contributed by atoms with Crippen molar-refractivity contribution in [1.29, 1.82) is 0 Å². The van der Waals surface area contributed by atoms with E-state index in [9.17, 15) is 14.4 Å². The van der Waals surface area contributed by atoms with Gasteiger partial charge in [0.15, 0.2) is 0 Å². The Hall–Kier alpha value is -1.59. The highest BCUT2D eigenvalue weighted by atomic mass is 16.4. The fraction of sp³-hybridized carbons (Fsp3) is 0.700. The van der Waals surface area contributed by atoms with Gasteiger partial charge in [-0.15, -0.1) is 0 Å². The number of urea groups is 1. The van der Waals surface area contributed by atoms with Gasteiger partial charge in [0.05, 0.1) is 18.5 Å². The van der Waals surface area contributed by atoms with Crippen LogP contribution in [-0.2, 0) is 9.59 Å². The van der Waals surface area contributed by atoms with Crippen LogP contribution in [0.1, 0.15) is 25.7 Å². The lowest BCUT2D eigenvalue weighted by Crippen LogP contribution is -2.48. The van der Waals surface area contributed by atoms with E-state index in [1.54, 1.807) is 0 Å². The van der Waals surface area contributed by atoms with Crippen molar-refractivity contribution in [1.82, 2.24) is 10.2 Å². The summed E-state index contributed by atoms with van der Waals surface area (Å²) in [5, 5.41) is 11.5. The molecule has 6 nitrogen and oxygen atoms in total. The van der Waals surface area contributed by atoms with Gasteiger partial charge < -0.3 is 10.4 Å². The summed E-state index contributed by atoms with van der Waals surface area (Å²) in [4.78, 5) is 35.1. The van der Waals surface area contributed by atoms with Crippen LogP contribution in [0.3, 0.4) is 0 Å². The molecule has 88 valence electrons. The molecule has 0 aromatic carbocycles. The molecule has 6 heteroatoms. The standard InChI is InChI=1S/C10H14N2O4/c13-8-5-11-10(16)12(8)7-4-2-1-3-6(7)9(14)15/h6-7H,1-5H2,(H,11,16)(H,14,15). The number of carbonyl (C=O) groups is 3. The Morgan fingerprint density at radius 2 is 2.00 bits per heavy atom. The van der Waals surface area contributed by atoms with Crippen LogP contribution in [-0.4, -0.2) is 40.5 Å². The normalized spacial score (nSPS) is 30.4. The molecule has 2 atom stereocenters. The first-order valence-electron chi connectivity index (χ1n) is 5.44. The highest BCUT2D eigenvalue weighted by Crippen LogP contribution is 2.29. The van der Waals surface area contributed by atoms with Crippen LogP contribution >= 0.6 is 0 Å². The highest BCUT2D eigenvalue weighted by Gasteiger charge is 2.42. The first-order valence-corrected chi connectivity index (χ1v) is 5.44. The van der Waals surface area contributed by atoms with Crippen LogP contribution in [0, 0.1) is 5.92 Å². The molecule has 16 heavy (non-hydrogen) atoms. The van der Waals surface area contributed by atoms with E-state index in [2.05, 4.69) is 5.32 Å². The van der Waals surface area contributed by atoms with E-state index in [1.165, 1.54) is 0 Å². The second-order valence-corrected chi connectivity index (χ2v) is 4.22. The van der Waals surface area contributed by atoms with Crippen LogP contribution in [0.2, 0.25) is 0 Å². The van der Waals surface area contributed by atoms with E-state index < -0.39 is 24.0 Å². The molecule has 0 aromatic rings. The van der Waals surface area contributed by atoms with Gasteiger partial charge in [0.2, 0.25) is 5.91 Å². The van der Waals surface area contributed by atoms with Gasteiger partial charge >= 0.3 is 12.0 Å². The van der Waals surface area contributed by atoms with Gasteiger partial charge in [0.25, 0.3) is 0 Å². The average Bonchev–Trinajstić information content (AvgIpc) is 2.58. The highest BCUT2D eigenvalue weighted by molar-refractivity contribution is 6.02. The molecular weight excluding hydrogens is 212 g/mol. The Morgan fingerprint density at radius 1 is 1.31 bits per heavy atom. The smallest absolute Gasteiger partial charge is 0.324 e. The number of carbonyl (C=O) groups excluding carboxylic acids is 2. The number of nitrogens with one attached hydrogen (secondary N) is 1. The Bertz CT molecular complexity index is 326. The zero-order valence-electron chi connectivity index (χ0n) is 8.81. The van der Waals surface area contributed by atoms with Crippen LogP contribution in [0.15, 0.2) is 0 Å². The van der Waals surface area contributed by atoms with Crippen molar-refractivity contribution in [2.45, 2.75) is 31.7 Å². The summed E-state index contributed by atoms with van der Waals surface area (Å²) in [7, 11) is 0. The molecular formula is C10H14N2O4. The summed E-state index contributed by atoms with van der Waals surface area (Å²) in [6, 6.07) is -0.926. The van der Waals surface area contributed by atoms with Crippen molar-refractivity contribution < 1.29 is 19.5 Å². The Balaban J connectivity index is 2.19. The van der Waals surface area contributed by atoms with Crippen molar-refractivity contribution in [3.63, 3.8) is 0 Å². The summed E-state index contributed by atoms with van der Waals surface area (Å²) < 4.78 is 0. The van der Waals surface area contributed by atoms with Crippen LogP contribution < -0.4 is 5.32 Å². The topological polar surface area (TPSA) is 86.7 Å². The van der Waals surface area contributed by atoms with Gasteiger partial charge in [-0.05, 0) is 12.8 Å². The number of rotatable bonds is 2. The monoisotopic (exact) mass is 226 g/mol. The summed E-state index contributed by atoms with van der Waals surface area (Å²) in [6.45, 7) is -0.0122. The van der Waals surface area contributed by atoms with Gasteiger partial charge in [-0.1, -0.05) is 12.8 Å². The number of nitrogens with zero attached hydrogens (tertiary/aromatic N) is 1. The number of carboxylic acid groups (broad SMARTS) is 1. The lowest BCUT2D eigenvalue weighted by Gasteiger charge is -2.33. The molecule has 1 saturated heterocycles. The summed E-state index contributed by atoms with van der Waals surface area (Å²) in [6.07, 6.45) is 2.84. The van der Waals surface area contributed by atoms with E-state index in [0.29, 0.717) is 12.8 Å². The molecule has 2 fully saturated rings. The Kier molecular flexibility index (Phi) is 2.80. The summed E-state index contributed by atoms with van der Waals surface area (Å²) in [5.41, 5.74) is 0. The zero-order valence-corrected chi connectivity index (χ0v) is 8.81. The maximum Gasteiger partial charge on any atom is 0.324 e. The van der Waals surface area contributed by atoms with E-state index >= 15 is 0 Å². The van der Waals surface area contributed by atoms with Crippen LogP contribution in [0.4, 0.5) is 4.79 Å². The van der Waals surface area contributed by atoms with E-state index in [1.807, 2.05) is 0 Å². The first-order chi connectivity index (χ1) is 7.61. The molecule has 0 bridgehead atoms. The SMILES string of the molecule is O=C(O)C1CCCCC1N1C(=O)CNC1=O. The number of amides is 3. The predicted octanol–water partition coefficient (Wildman–Crippen LogP) is 0.182. The number of imide groups is 1. The molecule has 1 aliphatic heterocycles. The maximum atomic E-state index is 11.5. The fourth-order valence-corrected chi connectivity index (χ4v) is 2.48. The van der Waals surface area contributed by atoms with Crippen molar-refractivity contribution in [2.24, 2.45) is 5.92 Å². The minimum Gasteiger partial charge on any atom is -0.481 e. The minimum atomic E-state index is -0.919. The zero-order chi connectivity index (χ0) is 11.7. The van der Waals surface area contributed by atoms with Crippen molar-refractivity contribution in [2.75, 3.05) is 6.54 Å². The van der Waals surface area contributed by atoms with Gasteiger partial charge in [-0.25, -0.2) is 4.79 Å². The number of aliphatic carboxylic acids is 1. The lowest BCUT2D eigenvalue weighted by molar-refractivity contribution is -0.146. The quantitative estimate of drug-likeness (QED) is 0.658. The molecule has 1 saturated carbocycles. The van der Waals surface area contributed by atoms with Crippen molar-refractivity contribution in [3.8, 4) is 0 Å². The third-order valence-electron chi connectivity index (χ3n) is 3.26. The van der Waals surface area contributed by atoms with Gasteiger partial charge in [0.1, 0.15) is 0 Å². The molecule has 1 aliphatic carbocycles. The molecule has 0 radical (unpaired) electrons. The molecule has 2 unspecified atom stereocenters. The fourth-order valence-electron chi connectivity index (χ4n) is 2.48. The molecule has 2 aliphatic rings. The molecule has 1 heterocycles. The van der Waals surface area contributed by atoms with E-state index in [-0.39, 0.29) is 12.5 Å². The molecule has 3 amide bonds. The molecule has 2 rings (SSSR count). The van der Waals surface area contributed by atoms with Gasteiger partial charge in [-0.3, -0.25) is 14.5 Å². The maximum absolute atomic E-state index is 11.5. The number of hydrogen-bond acceptors (Lipinski definition) is 3.